The average Bonchev–Trinajstić information content (AvgIpc) is 3.45. The van der Waals surface area contributed by atoms with Gasteiger partial charge in [0.1, 0.15) is 5.75 Å². The van der Waals surface area contributed by atoms with Crippen LogP contribution in [0.25, 0.3) is 16.9 Å². The second kappa shape index (κ2) is 9.44. The molecule has 0 aliphatic heterocycles. The van der Waals surface area contributed by atoms with Crippen molar-refractivity contribution < 1.29 is 4.74 Å². The van der Waals surface area contributed by atoms with Gasteiger partial charge in [0.25, 0.3) is 0 Å². The summed E-state index contributed by atoms with van der Waals surface area (Å²) in [6.45, 7) is 10.5. The maximum atomic E-state index is 5.68. The van der Waals surface area contributed by atoms with Gasteiger partial charge in [-0.25, -0.2) is 9.97 Å². The quantitative estimate of drug-likeness (QED) is 0.348. The first-order valence-corrected chi connectivity index (χ1v) is 11.7. The van der Waals surface area contributed by atoms with Crippen LogP contribution in [0.5, 0.6) is 5.75 Å². The van der Waals surface area contributed by atoms with Crippen LogP contribution in [-0.4, -0.2) is 34.7 Å². The van der Waals surface area contributed by atoms with Gasteiger partial charge in [-0.05, 0) is 63.6 Å². The molecule has 0 atom stereocenters. The van der Waals surface area contributed by atoms with Crippen LogP contribution in [0.4, 0.5) is 16.5 Å². The number of ether oxygens (including phenoxy) is 1. The van der Waals surface area contributed by atoms with E-state index in [1.54, 1.807) is 18.4 Å². The summed E-state index contributed by atoms with van der Waals surface area (Å²) in [7, 11) is 1.69. The SMILES string of the molecule is CCN(CC)c1ccc(Nc2nc(-c3ccc(-n4cnc(C)c4)cc3OC)cs2)c(C)c1. The van der Waals surface area contributed by atoms with Crippen molar-refractivity contribution in [2.24, 2.45) is 0 Å². The van der Waals surface area contributed by atoms with E-state index >= 15 is 0 Å². The molecule has 0 bridgehead atoms. The molecule has 0 saturated carbocycles. The van der Waals surface area contributed by atoms with Gasteiger partial charge in [0, 0.05) is 47.7 Å². The third kappa shape index (κ3) is 4.48. The molecule has 0 unspecified atom stereocenters. The fraction of sp³-hybridized carbons (Fsp3) is 0.280. The summed E-state index contributed by atoms with van der Waals surface area (Å²) in [5.74, 6) is 0.783. The minimum absolute atomic E-state index is 0.783. The van der Waals surface area contributed by atoms with Crippen LogP contribution >= 0.6 is 11.3 Å². The summed E-state index contributed by atoms with van der Waals surface area (Å²) in [5.41, 5.74) is 7.34. The second-order valence-electron chi connectivity index (χ2n) is 7.64. The van der Waals surface area contributed by atoms with Crippen LogP contribution in [-0.2, 0) is 0 Å². The zero-order valence-electron chi connectivity index (χ0n) is 19.2. The molecule has 0 amide bonds. The van der Waals surface area contributed by atoms with E-state index in [0.29, 0.717) is 0 Å². The van der Waals surface area contributed by atoms with Crippen molar-refractivity contribution in [3.05, 3.63) is 65.6 Å². The zero-order valence-corrected chi connectivity index (χ0v) is 20.0. The van der Waals surface area contributed by atoms with Crippen LogP contribution in [0.15, 0.2) is 54.3 Å². The Morgan fingerprint density at radius 2 is 1.91 bits per heavy atom. The minimum atomic E-state index is 0.783. The topological polar surface area (TPSA) is 55.2 Å². The molecule has 2 heterocycles. The Balaban J connectivity index is 1.56. The second-order valence-corrected chi connectivity index (χ2v) is 8.50. The van der Waals surface area contributed by atoms with Crippen molar-refractivity contribution in [3.63, 3.8) is 0 Å². The van der Waals surface area contributed by atoms with E-state index in [0.717, 1.165) is 52.3 Å². The van der Waals surface area contributed by atoms with E-state index < -0.39 is 0 Å². The molecule has 0 aliphatic rings. The Bertz CT molecular complexity index is 1210. The fourth-order valence-electron chi connectivity index (χ4n) is 3.76. The molecule has 4 aromatic rings. The maximum Gasteiger partial charge on any atom is 0.187 e. The number of aromatic nitrogens is 3. The van der Waals surface area contributed by atoms with Crippen LogP contribution < -0.4 is 15.0 Å². The van der Waals surface area contributed by atoms with E-state index in [2.05, 4.69) is 65.6 Å². The largest absolute Gasteiger partial charge is 0.496 e. The molecule has 6 nitrogen and oxygen atoms in total. The van der Waals surface area contributed by atoms with Gasteiger partial charge in [0.2, 0.25) is 0 Å². The lowest BCUT2D eigenvalue weighted by Gasteiger charge is -2.22. The van der Waals surface area contributed by atoms with Gasteiger partial charge in [0.05, 0.1) is 30.5 Å². The van der Waals surface area contributed by atoms with Crippen molar-refractivity contribution in [1.29, 1.82) is 0 Å². The highest BCUT2D eigenvalue weighted by Gasteiger charge is 2.13. The molecule has 0 radical (unpaired) electrons. The fourth-order valence-corrected chi connectivity index (χ4v) is 4.48. The number of nitrogens with zero attached hydrogens (tertiary/aromatic N) is 4. The Labute approximate surface area is 193 Å². The standard InChI is InChI=1S/C25H29N5OS/c1-6-29(7-2)19-9-11-22(17(3)12-19)27-25-28-23(15-32-25)21-10-8-20(13-24(21)31-5)30-14-18(4)26-16-30/h8-16H,6-7H2,1-5H3,(H,27,28). The molecule has 2 aromatic carbocycles. The van der Waals surface area contributed by atoms with E-state index in [9.17, 15) is 0 Å². The van der Waals surface area contributed by atoms with E-state index in [1.165, 1.54) is 11.3 Å². The molecule has 7 heteroatoms. The number of nitrogens with one attached hydrogen (secondary N) is 1. The minimum Gasteiger partial charge on any atom is -0.496 e. The normalized spacial score (nSPS) is 10.9. The monoisotopic (exact) mass is 447 g/mol. The molecule has 0 saturated heterocycles. The predicted octanol–water partition coefficient (Wildman–Crippen LogP) is 6.21. The zero-order chi connectivity index (χ0) is 22.7. The molecule has 166 valence electrons. The molecule has 32 heavy (non-hydrogen) atoms. The Hall–Kier alpha value is -3.32. The number of imidazole rings is 1. The number of hydrogen-bond acceptors (Lipinski definition) is 6. The summed E-state index contributed by atoms with van der Waals surface area (Å²) < 4.78 is 7.66. The molecule has 0 aliphatic carbocycles. The molecule has 0 spiro atoms. The molecule has 4 rings (SSSR count). The van der Waals surface area contributed by atoms with Crippen molar-refractivity contribution in [1.82, 2.24) is 14.5 Å². The lowest BCUT2D eigenvalue weighted by atomic mass is 10.1. The van der Waals surface area contributed by atoms with Crippen molar-refractivity contribution >= 4 is 27.8 Å². The van der Waals surface area contributed by atoms with Crippen molar-refractivity contribution in [3.8, 4) is 22.7 Å². The molecular weight excluding hydrogens is 418 g/mol. The van der Waals surface area contributed by atoms with Gasteiger partial charge < -0.3 is 19.5 Å². The summed E-state index contributed by atoms with van der Waals surface area (Å²) in [6, 6.07) is 12.6. The molecule has 2 aromatic heterocycles. The van der Waals surface area contributed by atoms with Crippen LogP contribution in [0.2, 0.25) is 0 Å². The first-order chi connectivity index (χ1) is 15.5. The number of hydrogen-bond donors (Lipinski definition) is 1. The predicted molar refractivity (Wildman–Crippen MR) is 134 cm³/mol. The van der Waals surface area contributed by atoms with Gasteiger partial charge in [-0.1, -0.05) is 0 Å². The molecule has 1 N–H and O–H groups in total. The first-order valence-electron chi connectivity index (χ1n) is 10.8. The number of methoxy groups -OCH3 is 1. The number of benzene rings is 2. The van der Waals surface area contributed by atoms with E-state index in [-0.39, 0.29) is 0 Å². The number of aryl methyl sites for hydroxylation is 2. The number of thiazole rings is 1. The van der Waals surface area contributed by atoms with Crippen LogP contribution in [0, 0.1) is 13.8 Å². The summed E-state index contributed by atoms with van der Waals surface area (Å²) in [6.07, 6.45) is 3.80. The van der Waals surface area contributed by atoms with Gasteiger partial charge in [-0.3, -0.25) is 0 Å². The van der Waals surface area contributed by atoms with Crippen LogP contribution in [0.3, 0.4) is 0 Å². The van der Waals surface area contributed by atoms with Crippen molar-refractivity contribution in [2.45, 2.75) is 27.7 Å². The van der Waals surface area contributed by atoms with Gasteiger partial charge in [-0.2, -0.15) is 0 Å². The lowest BCUT2D eigenvalue weighted by molar-refractivity contribution is 0.416. The summed E-state index contributed by atoms with van der Waals surface area (Å²) in [4.78, 5) is 11.5. The van der Waals surface area contributed by atoms with Gasteiger partial charge in [-0.15, -0.1) is 11.3 Å². The summed E-state index contributed by atoms with van der Waals surface area (Å²) >= 11 is 1.59. The maximum absolute atomic E-state index is 5.68. The number of rotatable bonds is 8. The Morgan fingerprint density at radius 3 is 2.56 bits per heavy atom. The van der Waals surface area contributed by atoms with Gasteiger partial charge in [0.15, 0.2) is 5.13 Å². The third-order valence-electron chi connectivity index (χ3n) is 5.56. The van der Waals surface area contributed by atoms with Crippen molar-refractivity contribution in [2.75, 3.05) is 30.4 Å². The first kappa shape index (κ1) is 21.9. The molecule has 0 fully saturated rings. The Morgan fingerprint density at radius 1 is 1.09 bits per heavy atom. The lowest BCUT2D eigenvalue weighted by Crippen LogP contribution is -2.21. The highest BCUT2D eigenvalue weighted by molar-refractivity contribution is 7.14. The third-order valence-corrected chi connectivity index (χ3v) is 6.31. The smallest absolute Gasteiger partial charge is 0.187 e. The van der Waals surface area contributed by atoms with E-state index in [1.807, 2.05) is 36.1 Å². The highest BCUT2D eigenvalue weighted by Crippen LogP contribution is 2.35. The summed E-state index contributed by atoms with van der Waals surface area (Å²) in [5, 5.41) is 6.39. The highest BCUT2D eigenvalue weighted by atomic mass is 32.1. The average molecular weight is 448 g/mol. The van der Waals surface area contributed by atoms with Crippen LogP contribution in [0.1, 0.15) is 25.1 Å². The van der Waals surface area contributed by atoms with Gasteiger partial charge >= 0.3 is 0 Å². The van der Waals surface area contributed by atoms with E-state index in [4.69, 9.17) is 9.72 Å². The Kier molecular flexibility index (Phi) is 6.46. The molecular formula is C25H29N5OS. The number of anilines is 3.